The molecule has 0 saturated heterocycles. The summed E-state index contributed by atoms with van der Waals surface area (Å²) in [4.78, 5) is 25.4. The molecule has 0 bridgehead atoms. The van der Waals surface area contributed by atoms with Crippen molar-refractivity contribution in [3.05, 3.63) is 52.4 Å². The maximum Gasteiger partial charge on any atom is 0.336 e. The molecule has 21 heavy (non-hydrogen) atoms. The van der Waals surface area contributed by atoms with E-state index < -0.39 is 5.97 Å². The van der Waals surface area contributed by atoms with Gasteiger partial charge in [-0.05, 0) is 48.2 Å². The number of nitrogens with zero attached hydrogens (tertiary/aromatic N) is 1. The monoisotopic (exact) mass is 305 g/mol. The summed E-state index contributed by atoms with van der Waals surface area (Å²) < 4.78 is 4.95. The molecule has 2 aromatic rings. The van der Waals surface area contributed by atoms with Crippen LogP contribution in [0.4, 0.5) is 5.69 Å². The highest BCUT2D eigenvalue weighted by molar-refractivity contribution is 6.33. The van der Waals surface area contributed by atoms with E-state index in [2.05, 4.69) is 0 Å². The fourth-order valence-electron chi connectivity index (χ4n) is 2.63. The summed E-state index contributed by atoms with van der Waals surface area (Å²) in [6.07, 6.45) is 2.70. The van der Waals surface area contributed by atoms with Crippen molar-refractivity contribution in [1.82, 2.24) is 0 Å². The molecule has 0 unspecified atom stereocenters. The number of furan rings is 1. The second kappa shape index (κ2) is 5.26. The Bertz CT molecular complexity index is 722. The SMILES string of the molecule is O=C(O)c1cccc2c1CCCN2C(=O)c1ccoc1Cl. The molecular weight excluding hydrogens is 294 g/mol. The second-order valence-corrected chi connectivity index (χ2v) is 5.12. The maximum absolute atomic E-state index is 12.6. The minimum Gasteiger partial charge on any atom is -0.478 e. The first-order valence-electron chi connectivity index (χ1n) is 6.49. The predicted octanol–water partition coefficient (Wildman–Crippen LogP) is 3.22. The molecule has 0 saturated carbocycles. The van der Waals surface area contributed by atoms with Crippen LogP contribution < -0.4 is 4.90 Å². The zero-order chi connectivity index (χ0) is 15.0. The van der Waals surface area contributed by atoms with E-state index in [1.165, 1.54) is 12.3 Å². The highest BCUT2D eigenvalue weighted by Crippen LogP contribution is 2.32. The number of halogens is 1. The smallest absolute Gasteiger partial charge is 0.336 e. The Kier molecular flexibility index (Phi) is 3.43. The molecule has 1 N–H and O–H groups in total. The van der Waals surface area contributed by atoms with Crippen molar-refractivity contribution in [3.8, 4) is 0 Å². The van der Waals surface area contributed by atoms with Crippen LogP contribution in [0.5, 0.6) is 0 Å². The molecule has 6 heteroatoms. The van der Waals surface area contributed by atoms with Crippen LogP contribution >= 0.6 is 11.6 Å². The third-order valence-corrected chi connectivity index (χ3v) is 3.87. The van der Waals surface area contributed by atoms with Crippen LogP contribution in [0.3, 0.4) is 0 Å². The molecule has 0 fully saturated rings. The van der Waals surface area contributed by atoms with Gasteiger partial charge in [0.25, 0.3) is 5.91 Å². The van der Waals surface area contributed by atoms with Crippen molar-refractivity contribution in [2.45, 2.75) is 12.8 Å². The Morgan fingerprint density at radius 2 is 2.05 bits per heavy atom. The van der Waals surface area contributed by atoms with Crippen molar-refractivity contribution >= 4 is 29.2 Å². The Morgan fingerprint density at radius 3 is 2.71 bits per heavy atom. The van der Waals surface area contributed by atoms with Crippen LogP contribution in [0.2, 0.25) is 5.22 Å². The predicted molar refractivity (Wildman–Crippen MR) is 77.1 cm³/mol. The number of aromatic carboxylic acids is 1. The summed E-state index contributed by atoms with van der Waals surface area (Å²) in [7, 11) is 0. The van der Waals surface area contributed by atoms with Gasteiger partial charge in [0.2, 0.25) is 5.22 Å². The van der Waals surface area contributed by atoms with Crippen LogP contribution in [0.25, 0.3) is 0 Å². The normalized spacial score (nSPS) is 13.9. The summed E-state index contributed by atoms with van der Waals surface area (Å²) in [6.45, 7) is 0.524. The zero-order valence-corrected chi connectivity index (χ0v) is 11.8. The topological polar surface area (TPSA) is 70.8 Å². The molecule has 1 aliphatic rings. The largest absolute Gasteiger partial charge is 0.478 e. The lowest BCUT2D eigenvalue weighted by molar-refractivity contribution is 0.0695. The number of benzene rings is 1. The van der Waals surface area contributed by atoms with Crippen molar-refractivity contribution in [1.29, 1.82) is 0 Å². The molecule has 0 aliphatic carbocycles. The number of hydrogen-bond acceptors (Lipinski definition) is 3. The number of amides is 1. The van der Waals surface area contributed by atoms with Gasteiger partial charge in [0, 0.05) is 12.2 Å². The lowest BCUT2D eigenvalue weighted by atomic mass is 9.96. The fourth-order valence-corrected chi connectivity index (χ4v) is 2.82. The number of carboxylic acid groups (broad SMARTS) is 1. The van der Waals surface area contributed by atoms with E-state index in [1.807, 2.05) is 0 Å². The molecule has 0 atom stereocenters. The second-order valence-electron chi connectivity index (χ2n) is 4.78. The third-order valence-electron chi connectivity index (χ3n) is 3.57. The fraction of sp³-hybridized carbons (Fsp3) is 0.200. The van der Waals surface area contributed by atoms with Crippen LogP contribution in [0.15, 0.2) is 34.9 Å². The summed E-state index contributed by atoms with van der Waals surface area (Å²) in [6, 6.07) is 6.47. The van der Waals surface area contributed by atoms with Gasteiger partial charge in [-0.15, -0.1) is 0 Å². The van der Waals surface area contributed by atoms with Crippen molar-refractivity contribution in [2.24, 2.45) is 0 Å². The highest BCUT2D eigenvalue weighted by Gasteiger charge is 2.28. The number of hydrogen-bond donors (Lipinski definition) is 1. The minimum absolute atomic E-state index is 0.0431. The van der Waals surface area contributed by atoms with Crippen LogP contribution in [0, 0.1) is 0 Å². The van der Waals surface area contributed by atoms with Crippen molar-refractivity contribution < 1.29 is 19.1 Å². The van der Waals surface area contributed by atoms with Gasteiger partial charge < -0.3 is 14.4 Å². The molecule has 0 radical (unpaired) electrons. The molecular formula is C15H12ClNO4. The number of fused-ring (bicyclic) bond motifs is 1. The quantitative estimate of drug-likeness (QED) is 0.924. The number of rotatable bonds is 2. The van der Waals surface area contributed by atoms with Crippen LogP contribution in [0.1, 0.15) is 32.7 Å². The number of carbonyl (C=O) groups is 2. The Morgan fingerprint density at radius 1 is 1.24 bits per heavy atom. The van der Waals surface area contributed by atoms with E-state index in [9.17, 15) is 14.7 Å². The Balaban J connectivity index is 2.05. The van der Waals surface area contributed by atoms with Gasteiger partial charge in [0.1, 0.15) is 0 Å². The van der Waals surface area contributed by atoms with E-state index >= 15 is 0 Å². The lowest BCUT2D eigenvalue weighted by Gasteiger charge is -2.30. The van der Waals surface area contributed by atoms with Gasteiger partial charge in [0.05, 0.1) is 17.4 Å². The Labute approximate surface area is 125 Å². The van der Waals surface area contributed by atoms with Gasteiger partial charge in [-0.3, -0.25) is 4.79 Å². The molecule has 108 valence electrons. The van der Waals surface area contributed by atoms with Crippen molar-refractivity contribution in [3.63, 3.8) is 0 Å². The summed E-state index contributed by atoms with van der Waals surface area (Å²) in [5.41, 5.74) is 1.83. The van der Waals surface area contributed by atoms with E-state index in [0.29, 0.717) is 30.6 Å². The lowest BCUT2D eigenvalue weighted by Crippen LogP contribution is -2.36. The van der Waals surface area contributed by atoms with Gasteiger partial charge >= 0.3 is 5.97 Å². The molecule has 3 rings (SSSR count). The molecule has 0 spiro atoms. The maximum atomic E-state index is 12.6. The molecule has 1 aromatic heterocycles. The number of carbonyl (C=O) groups excluding carboxylic acids is 1. The minimum atomic E-state index is -0.984. The number of carboxylic acids is 1. The summed E-state index contributed by atoms with van der Waals surface area (Å²) in [5.74, 6) is -1.26. The number of anilines is 1. The van der Waals surface area contributed by atoms with Gasteiger partial charge in [0.15, 0.2) is 0 Å². The van der Waals surface area contributed by atoms with Gasteiger partial charge in [-0.2, -0.15) is 0 Å². The van der Waals surface area contributed by atoms with E-state index in [4.69, 9.17) is 16.0 Å². The van der Waals surface area contributed by atoms with E-state index in [1.54, 1.807) is 23.1 Å². The van der Waals surface area contributed by atoms with Crippen LogP contribution in [-0.2, 0) is 6.42 Å². The zero-order valence-electron chi connectivity index (χ0n) is 11.0. The molecule has 5 nitrogen and oxygen atoms in total. The average molecular weight is 306 g/mol. The van der Waals surface area contributed by atoms with Crippen molar-refractivity contribution in [2.75, 3.05) is 11.4 Å². The van der Waals surface area contributed by atoms with E-state index in [-0.39, 0.29) is 22.3 Å². The molecule has 1 amide bonds. The first kappa shape index (κ1) is 13.7. The standard InChI is InChI=1S/C15H12ClNO4/c16-13-11(6-8-21-13)14(18)17-7-2-4-9-10(15(19)20)3-1-5-12(9)17/h1,3,5-6,8H,2,4,7H2,(H,19,20). The van der Waals surface area contributed by atoms with Gasteiger partial charge in [-0.25, -0.2) is 4.79 Å². The molecule has 1 aliphatic heterocycles. The van der Waals surface area contributed by atoms with Gasteiger partial charge in [-0.1, -0.05) is 6.07 Å². The highest BCUT2D eigenvalue weighted by atomic mass is 35.5. The first-order valence-corrected chi connectivity index (χ1v) is 6.87. The Hall–Kier alpha value is -2.27. The summed E-state index contributed by atoms with van der Waals surface area (Å²) >= 11 is 5.85. The summed E-state index contributed by atoms with van der Waals surface area (Å²) in [5, 5.41) is 9.30. The molecule has 2 heterocycles. The van der Waals surface area contributed by atoms with Crippen LogP contribution in [-0.4, -0.2) is 23.5 Å². The molecule has 1 aromatic carbocycles. The van der Waals surface area contributed by atoms with E-state index in [0.717, 1.165) is 0 Å². The first-order chi connectivity index (χ1) is 10.1. The third kappa shape index (κ3) is 2.29. The average Bonchev–Trinajstić information content (AvgIpc) is 2.91.